The molecule has 0 saturated heterocycles. The van der Waals surface area contributed by atoms with Crippen LogP contribution < -0.4 is 10.1 Å². The van der Waals surface area contributed by atoms with Crippen molar-refractivity contribution < 1.29 is 9.53 Å². The molecule has 0 heterocycles. The van der Waals surface area contributed by atoms with Crippen molar-refractivity contribution in [1.82, 2.24) is 0 Å². The van der Waals surface area contributed by atoms with Crippen molar-refractivity contribution >= 4 is 39.1 Å². The van der Waals surface area contributed by atoms with E-state index in [0.717, 1.165) is 4.47 Å². The minimum absolute atomic E-state index is 0.112. The summed E-state index contributed by atoms with van der Waals surface area (Å²) in [6.45, 7) is 0. The smallest absolute Gasteiger partial charge is 0.225 e. The summed E-state index contributed by atoms with van der Waals surface area (Å²) in [7, 11) is 1.58. The minimum Gasteiger partial charge on any atom is -0.497 e. The number of nitrogens with one attached hydrogen (secondary N) is 1. The monoisotopic (exact) mass is 291 g/mol. The minimum atomic E-state index is -0.112. The molecule has 0 radical (unpaired) electrons. The molecule has 3 nitrogen and oxygen atoms in total. The fourth-order valence-electron chi connectivity index (χ4n) is 1.03. The topological polar surface area (TPSA) is 38.3 Å². The molecule has 0 unspecified atom stereocenters. The summed E-state index contributed by atoms with van der Waals surface area (Å²) < 4.78 is 5.86. The Labute approximate surface area is 102 Å². The van der Waals surface area contributed by atoms with Gasteiger partial charge in [0.25, 0.3) is 0 Å². The van der Waals surface area contributed by atoms with Crippen molar-refractivity contribution in [3.05, 3.63) is 22.7 Å². The zero-order valence-electron chi connectivity index (χ0n) is 8.22. The molecule has 15 heavy (non-hydrogen) atoms. The van der Waals surface area contributed by atoms with E-state index in [9.17, 15) is 4.79 Å². The molecular formula is C10H11BrClNO2. The van der Waals surface area contributed by atoms with Gasteiger partial charge in [-0.2, -0.15) is 0 Å². The van der Waals surface area contributed by atoms with Crippen LogP contribution in [-0.2, 0) is 4.79 Å². The van der Waals surface area contributed by atoms with Crippen LogP contribution in [0.25, 0.3) is 0 Å². The molecule has 82 valence electrons. The normalized spacial score (nSPS) is 9.80. The standard InChI is InChI=1S/C10H11BrClNO2/c1-15-7-2-3-8(11)9(6-7)13-10(14)4-5-12/h2-3,6H,4-5H2,1H3,(H,13,14). The van der Waals surface area contributed by atoms with E-state index in [4.69, 9.17) is 16.3 Å². The molecule has 0 bridgehead atoms. The molecule has 1 amide bonds. The van der Waals surface area contributed by atoms with E-state index >= 15 is 0 Å². The van der Waals surface area contributed by atoms with E-state index in [2.05, 4.69) is 21.2 Å². The maximum absolute atomic E-state index is 11.3. The highest BCUT2D eigenvalue weighted by Gasteiger charge is 2.06. The molecule has 0 atom stereocenters. The Kier molecular flexibility index (Phi) is 4.91. The van der Waals surface area contributed by atoms with Gasteiger partial charge in [0.15, 0.2) is 0 Å². The van der Waals surface area contributed by atoms with Crippen molar-refractivity contribution in [2.75, 3.05) is 18.3 Å². The molecule has 5 heteroatoms. The van der Waals surface area contributed by atoms with Gasteiger partial charge in [0, 0.05) is 22.8 Å². The van der Waals surface area contributed by atoms with Crippen LogP contribution >= 0.6 is 27.5 Å². The average Bonchev–Trinajstić information content (AvgIpc) is 2.21. The van der Waals surface area contributed by atoms with Gasteiger partial charge in [0.05, 0.1) is 12.8 Å². The number of carbonyl (C=O) groups is 1. The van der Waals surface area contributed by atoms with E-state index in [1.807, 2.05) is 6.07 Å². The Morgan fingerprint density at radius 3 is 2.93 bits per heavy atom. The summed E-state index contributed by atoms with van der Waals surface area (Å²) in [5.74, 6) is 0.895. The fraction of sp³-hybridized carbons (Fsp3) is 0.300. The third-order valence-electron chi connectivity index (χ3n) is 1.77. The second-order valence-electron chi connectivity index (χ2n) is 2.83. The predicted octanol–water partition coefficient (Wildman–Crippen LogP) is 3.03. The molecule has 1 aromatic carbocycles. The number of carbonyl (C=O) groups excluding carboxylic acids is 1. The number of amides is 1. The number of alkyl halides is 1. The zero-order valence-corrected chi connectivity index (χ0v) is 10.6. The summed E-state index contributed by atoms with van der Waals surface area (Å²) in [5, 5.41) is 2.74. The van der Waals surface area contributed by atoms with Crippen LogP contribution in [0.2, 0.25) is 0 Å². The molecule has 0 spiro atoms. The lowest BCUT2D eigenvalue weighted by molar-refractivity contribution is -0.115. The number of hydrogen-bond donors (Lipinski definition) is 1. The first-order chi connectivity index (χ1) is 7.17. The Morgan fingerprint density at radius 1 is 1.60 bits per heavy atom. The SMILES string of the molecule is COc1ccc(Br)c(NC(=O)CCCl)c1. The average molecular weight is 293 g/mol. The lowest BCUT2D eigenvalue weighted by atomic mass is 10.3. The number of ether oxygens (including phenoxy) is 1. The van der Waals surface area contributed by atoms with Gasteiger partial charge in [-0.3, -0.25) is 4.79 Å². The van der Waals surface area contributed by atoms with Crippen molar-refractivity contribution in [1.29, 1.82) is 0 Å². The lowest BCUT2D eigenvalue weighted by Crippen LogP contribution is -2.12. The van der Waals surface area contributed by atoms with Gasteiger partial charge in [-0.1, -0.05) is 0 Å². The molecule has 1 N–H and O–H groups in total. The quantitative estimate of drug-likeness (QED) is 0.866. The Morgan fingerprint density at radius 2 is 2.33 bits per heavy atom. The molecule has 0 aliphatic carbocycles. The number of halogens is 2. The number of anilines is 1. The molecule has 0 aromatic heterocycles. The molecule has 0 fully saturated rings. The molecule has 1 rings (SSSR count). The molecule has 0 saturated carbocycles. The predicted molar refractivity (Wildman–Crippen MR) is 64.7 cm³/mol. The Bertz CT molecular complexity index is 357. The van der Waals surface area contributed by atoms with E-state index < -0.39 is 0 Å². The maximum atomic E-state index is 11.3. The van der Waals surface area contributed by atoms with Crippen LogP contribution in [0.3, 0.4) is 0 Å². The molecule has 0 aliphatic rings. The summed E-state index contributed by atoms with van der Waals surface area (Å²) in [5.41, 5.74) is 0.685. The first kappa shape index (κ1) is 12.3. The van der Waals surface area contributed by atoms with Gasteiger partial charge >= 0.3 is 0 Å². The third-order valence-corrected chi connectivity index (χ3v) is 2.65. The Balaban J connectivity index is 2.79. The van der Waals surface area contributed by atoms with E-state index in [-0.39, 0.29) is 5.91 Å². The van der Waals surface area contributed by atoms with Crippen molar-refractivity contribution in [2.45, 2.75) is 6.42 Å². The zero-order chi connectivity index (χ0) is 11.3. The second kappa shape index (κ2) is 5.98. The van der Waals surface area contributed by atoms with E-state index in [0.29, 0.717) is 23.7 Å². The largest absolute Gasteiger partial charge is 0.497 e. The van der Waals surface area contributed by atoms with E-state index in [1.165, 1.54) is 0 Å². The van der Waals surface area contributed by atoms with Gasteiger partial charge in [-0.05, 0) is 28.1 Å². The number of methoxy groups -OCH3 is 1. The molecule has 0 aliphatic heterocycles. The van der Waals surface area contributed by atoms with Crippen molar-refractivity contribution in [2.24, 2.45) is 0 Å². The second-order valence-corrected chi connectivity index (χ2v) is 4.07. The first-order valence-corrected chi connectivity index (χ1v) is 5.69. The van der Waals surface area contributed by atoms with Gasteiger partial charge in [-0.25, -0.2) is 0 Å². The Hall–Kier alpha value is -0.740. The van der Waals surface area contributed by atoms with Gasteiger partial charge in [0.2, 0.25) is 5.91 Å². The number of rotatable bonds is 4. The molecular weight excluding hydrogens is 281 g/mol. The summed E-state index contributed by atoms with van der Waals surface area (Å²) >= 11 is 8.80. The van der Waals surface area contributed by atoms with Crippen LogP contribution in [-0.4, -0.2) is 18.9 Å². The van der Waals surface area contributed by atoms with E-state index in [1.54, 1.807) is 19.2 Å². The van der Waals surface area contributed by atoms with Crippen molar-refractivity contribution in [3.8, 4) is 5.75 Å². The first-order valence-electron chi connectivity index (χ1n) is 4.36. The van der Waals surface area contributed by atoms with Crippen LogP contribution in [0.1, 0.15) is 6.42 Å². The van der Waals surface area contributed by atoms with Crippen LogP contribution in [0.5, 0.6) is 5.75 Å². The highest BCUT2D eigenvalue weighted by molar-refractivity contribution is 9.10. The maximum Gasteiger partial charge on any atom is 0.225 e. The molecule has 1 aromatic rings. The summed E-state index contributed by atoms with van der Waals surface area (Å²) in [4.78, 5) is 11.3. The number of benzene rings is 1. The van der Waals surface area contributed by atoms with Gasteiger partial charge in [0.1, 0.15) is 5.75 Å². The number of hydrogen-bond acceptors (Lipinski definition) is 2. The van der Waals surface area contributed by atoms with Crippen LogP contribution in [0.4, 0.5) is 5.69 Å². The summed E-state index contributed by atoms with van der Waals surface area (Å²) in [6.07, 6.45) is 0.297. The van der Waals surface area contributed by atoms with Crippen LogP contribution in [0, 0.1) is 0 Å². The summed E-state index contributed by atoms with van der Waals surface area (Å²) in [6, 6.07) is 5.37. The van der Waals surface area contributed by atoms with Crippen molar-refractivity contribution in [3.63, 3.8) is 0 Å². The highest BCUT2D eigenvalue weighted by Crippen LogP contribution is 2.27. The highest BCUT2D eigenvalue weighted by atomic mass is 79.9. The van der Waals surface area contributed by atoms with Gasteiger partial charge in [-0.15, -0.1) is 11.6 Å². The lowest BCUT2D eigenvalue weighted by Gasteiger charge is -2.08. The third kappa shape index (κ3) is 3.72. The van der Waals surface area contributed by atoms with Crippen LogP contribution in [0.15, 0.2) is 22.7 Å². The van der Waals surface area contributed by atoms with Gasteiger partial charge < -0.3 is 10.1 Å². The fourth-order valence-corrected chi connectivity index (χ4v) is 1.54.